The van der Waals surface area contributed by atoms with Gasteiger partial charge in [-0.2, -0.15) is 0 Å². The summed E-state index contributed by atoms with van der Waals surface area (Å²) in [7, 11) is 1.67. The normalized spacial score (nSPS) is 26.0. The van der Waals surface area contributed by atoms with E-state index in [0.29, 0.717) is 12.8 Å². The van der Waals surface area contributed by atoms with Crippen molar-refractivity contribution in [2.75, 3.05) is 7.11 Å². The second kappa shape index (κ2) is 6.29. The first-order valence-electron chi connectivity index (χ1n) is 7.07. The predicted octanol–water partition coefficient (Wildman–Crippen LogP) is 3.73. The van der Waals surface area contributed by atoms with E-state index in [-0.39, 0.29) is 30.4 Å². The average Bonchev–Trinajstić information content (AvgIpc) is 2.30. The van der Waals surface area contributed by atoms with Gasteiger partial charge in [-0.25, -0.2) is 8.78 Å². The fourth-order valence-corrected chi connectivity index (χ4v) is 3.27. The highest BCUT2D eigenvalue weighted by Gasteiger charge is 2.40. The van der Waals surface area contributed by atoms with Crippen molar-refractivity contribution in [2.24, 2.45) is 11.7 Å². The molecule has 2 N–H and O–H groups in total. The van der Waals surface area contributed by atoms with E-state index in [2.05, 4.69) is 0 Å². The maximum Gasteiger partial charge on any atom is 0.248 e. The molecule has 0 aromatic carbocycles. The van der Waals surface area contributed by atoms with Gasteiger partial charge < -0.3 is 10.5 Å². The van der Waals surface area contributed by atoms with Gasteiger partial charge in [-0.05, 0) is 38.0 Å². The third-order valence-electron chi connectivity index (χ3n) is 4.61. The maximum atomic E-state index is 13.4. The number of hydrogen-bond acceptors (Lipinski definition) is 2. The highest BCUT2D eigenvalue weighted by Crippen LogP contribution is 2.40. The number of methoxy groups -OCH3 is 1. The quantitative estimate of drug-likeness (QED) is 0.792. The number of halogens is 2. The molecule has 108 valence electrons. The van der Waals surface area contributed by atoms with Gasteiger partial charge in [0, 0.05) is 26.0 Å². The summed E-state index contributed by atoms with van der Waals surface area (Å²) in [6, 6.07) is -0.156. The summed E-state index contributed by atoms with van der Waals surface area (Å²) in [5, 5.41) is 0. The van der Waals surface area contributed by atoms with Crippen molar-refractivity contribution in [3.63, 3.8) is 0 Å². The zero-order chi connectivity index (χ0) is 13.8. The van der Waals surface area contributed by atoms with Crippen molar-refractivity contribution in [1.82, 2.24) is 0 Å². The van der Waals surface area contributed by atoms with E-state index in [9.17, 15) is 8.78 Å². The molecule has 1 saturated carbocycles. The number of nitrogens with two attached hydrogens (primary N) is 1. The molecule has 0 saturated heterocycles. The van der Waals surface area contributed by atoms with Crippen molar-refractivity contribution in [1.29, 1.82) is 0 Å². The van der Waals surface area contributed by atoms with E-state index in [1.54, 1.807) is 7.11 Å². The van der Waals surface area contributed by atoms with Gasteiger partial charge in [0.05, 0.1) is 5.60 Å². The smallest absolute Gasteiger partial charge is 0.248 e. The Morgan fingerprint density at radius 3 is 2.44 bits per heavy atom. The van der Waals surface area contributed by atoms with Crippen LogP contribution in [0, 0.1) is 5.92 Å². The molecule has 0 aromatic heterocycles. The summed E-state index contributed by atoms with van der Waals surface area (Å²) in [5.41, 5.74) is 5.88. The van der Waals surface area contributed by atoms with Crippen LogP contribution in [0.5, 0.6) is 0 Å². The fourth-order valence-electron chi connectivity index (χ4n) is 3.27. The van der Waals surface area contributed by atoms with Crippen LogP contribution in [0.3, 0.4) is 0 Å². The average molecular weight is 263 g/mol. The Balaban J connectivity index is 2.60. The molecule has 1 rings (SSSR count). The first-order valence-corrected chi connectivity index (χ1v) is 7.07. The highest BCUT2D eigenvalue weighted by atomic mass is 19.3. The van der Waals surface area contributed by atoms with E-state index in [4.69, 9.17) is 10.5 Å². The Hall–Kier alpha value is -0.220. The molecule has 1 aliphatic carbocycles. The molecule has 2 nitrogen and oxygen atoms in total. The van der Waals surface area contributed by atoms with Crippen LogP contribution < -0.4 is 5.73 Å². The molecule has 0 heterocycles. The zero-order valence-corrected chi connectivity index (χ0v) is 11.8. The molecule has 2 unspecified atom stereocenters. The van der Waals surface area contributed by atoms with Crippen molar-refractivity contribution in [3.05, 3.63) is 0 Å². The summed E-state index contributed by atoms with van der Waals surface area (Å²) < 4.78 is 32.3. The number of rotatable bonds is 6. The topological polar surface area (TPSA) is 35.2 Å². The molecule has 4 heteroatoms. The van der Waals surface area contributed by atoms with Crippen LogP contribution in [0.2, 0.25) is 0 Å². The monoisotopic (exact) mass is 263 g/mol. The molecule has 0 radical (unpaired) electrons. The molecule has 1 fully saturated rings. The van der Waals surface area contributed by atoms with Crippen LogP contribution in [0.1, 0.15) is 58.8 Å². The second-order valence-corrected chi connectivity index (χ2v) is 5.64. The molecule has 2 atom stereocenters. The number of hydrogen-bond donors (Lipinski definition) is 1. The second-order valence-electron chi connectivity index (χ2n) is 5.64. The maximum absolute atomic E-state index is 13.4. The zero-order valence-electron chi connectivity index (χ0n) is 11.8. The minimum Gasteiger partial charge on any atom is -0.377 e. The van der Waals surface area contributed by atoms with E-state index in [0.717, 1.165) is 19.3 Å². The Labute approximate surface area is 109 Å². The van der Waals surface area contributed by atoms with Crippen LogP contribution in [0.15, 0.2) is 0 Å². The third kappa shape index (κ3) is 3.64. The molecule has 0 aromatic rings. The molecular formula is C14H27F2NO. The van der Waals surface area contributed by atoms with Gasteiger partial charge in [-0.1, -0.05) is 13.8 Å². The Morgan fingerprint density at radius 1 is 1.39 bits per heavy atom. The van der Waals surface area contributed by atoms with Crippen molar-refractivity contribution in [2.45, 2.75) is 76.4 Å². The summed E-state index contributed by atoms with van der Waals surface area (Å²) in [6.45, 7) is 4.09. The van der Waals surface area contributed by atoms with Gasteiger partial charge in [0.2, 0.25) is 5.92 Å². The molecule has 18 heavy (non-hydrogen) atoms. The van der Waals surface area contributed by atoms with E-state index < -0.39 is 5.92 Å². The van der Waals surface area contributed by atoms with Gasteiger partial charge in [0.25, 0.3) is 0 Å². The van der Waals surface area contributed by atoms with Gasteiger partial charge in [0.15, 0.2) is 0 Å². The number of ether oxygens (including phenoxy) is 1. The Kier molecular flexibility index (Phi) is 5.53. The largest absolute Gasteiger partial charge is 0.377 e. The molecule has 0 aliphatic heterocycles. The molecule has 0 spiro atoms. The van der Waals surface area contributed by atoms with E-state index in [1.807, 2.05) is 13.8 Å². The van der Waals surface area contributed by atoms with Gasteiger partial charge >= 0.3 is 0 Å². The van der Waals surface area contributed by atoms with Gasteiger partial charge in [-0.3, -0.25) is 0 Å². The molecule has 0 bridgehead atoms. The van der Waals surface area contributed by atoms with Crippen molar-refractivity contribution < 1.29 is 13.5 Å². The highest BCUT2D eigenvalue weighted by molar-refractivity contribution is 4.92. The van der Waals surface area contributed by atoms with Crippen LogP contribution >= 0.6 is 0 Å². The van der Waals surface area contributed by atoms with Gasteiger partial charge in [-0.15, -0.1) is 0 Å². The van der Waals surface area contributed by atoms with Crippen LogP contribution in [-0.4, -0.2) is 24.7 Å². The minimum atomic E-state index is -2.49. The van der Waals surface area contributed by atoms with E-state index >= 15 is 0 Å². The lowest BCUT2D eigenvalue weighted by Gasteiger charge is -2.39. The van der Waals surface area contributed by atoms with E-state index in [1.165, 1.54) is 0 Å². The van der Waals surface area contributed by atoms with Crippen molar-refractivity contribution in [3.8, 4) is 0 Å². The summed E-state index contributed by atoms with van der Waals surface area (Å²) in [6.07, 6.45) is 3.81. The predicted molar refractivity (Wildman–Crippen MR) is 69.8 cm³/mol. The van der Waals surface area contributed by atoms with Gasteiger partial charge in [0.1, 0.15) is 0 Å². The van der Waals surface area contributed by atoms with Crippen LogP contribution in [0.25, 0.3) is 0 Å². The lowest BCUT2D eigenvalue weighted by molar-refractivity contribution is -0.0704. The lowest BCUT2D eigenvalue weighted by Crippen LogP contribution is -2.50. The summed E-state index contributed by atoms with van der Waals surface area (Å²) in [5.74, 6) is -2.45. The first kappa shape index (κ1) is 15.8. The standard InChI is InChI=1S/C14H27F2NO/c1-4-13(5-2,18-3)12(17)9-11-7-6-8-14(15,16)10-11/h11-12H,4-10,17H2,1-3H3. The third-order valence-corrected chi connectivity index (χ3v) is 4.61. The SMILES string of the molecule is CCC(CC)(OC)C(N)CC1CCCC(F)(F)C1. The summed E-state index contributed by atoms with van der Waals surface area (Å²) in [4.78, 5) is 0. The van der Waals surface area contributed by atoms with Crippen LogP contribution in [-0.2, 0) is 4.74 Å². The van der Waals surface area contributed by atoms with Crippen LogP contribution in [0.4, 0.5) is 8.78 Å². The molecule has 0 amide bonds. The first-order chi connectivity index (χ1) is 8.39. The lowest BCUT2D eigenvalue weighted by atomic mass is 9.77. The number of alkyl halides is 2. The molecular weight excluding hydrogens is 236 g/mol. The minimum absolute atomic E-state index is 0.00603. The van der Waals surface area contributed by atoms with Crippen molar-refractivity contribution >= 4 is 0 Å². The Morgan fingerprint density at radius 2 is 2.00 bits per heavy atom. The summed E-state index contributed by atoms with van der Waals surface area (Å²) >= 11 is 0. The molecule has 1 aliphatic rings. The Bertz CT molecular complexity index is 246. The fraction of sp³-hybridized carbons (Fsp3) is 1.00.